The first-order chi connectivity index (χ1) is 8.16. The summed E-state index contributed by atoms with van der Waals surface area (Å²) in [4.78, 5) is 4.32. The number of hydrogen-bond donors (Lipinski definition) is 1. The zero-order chi connectivity index (χ0) is 12.3. The van der Waals surface area contributed by atoms with E-state index in [1.54, 1.807) is 6.20 Å². The van der Waals surface area contributed by atoms with Crippen molar-refractivity contribution in [3.05, 3.63) is 57.2 Å². The number of rotatable bonds is 3. The normalized spacial score (nSPS) is 10.3. The minimum Gasteiger partial charge on any atom is -0.366 e. The quantitative estimate of drug-likeness (QED) is 0.907. The highest BCUT2D eigenvalue weighted by atomic mass is 79.9. The van der Waals surface area contributed by atoms with Gasteiger partial charge in [-0.15, -0.1) is 0 Å². The van der Waals surface area contributed by atoms with Crippen molar-refractivity contribution < 1.29 is 0 Å². The minimum atomic E-state index is 0.676. The molecule has 0 saturated heterocycles. The van der Waals surface area contributed by atoms with Crippen LogP contribution in [0.15, 0.2) is 41.0 Å². The van der Waals surface area contributed by atoms with Crippen LogP contribution in [0, 0.1) is 6.92 Å². The van der Waals surface area contributed by atoms with Crippen LogP contribution in [-0.2, 0) is 6.54 Å². The largest absolute Gasteiger partial charge is 0.366 e. The second kappa shape index (κ2) is 5.52. The molecule has 2 aromatic rings. The summed E-state index contributed by atoms with van der Waals surface area (Å²) in [6.07, 6.45) is 1.78. The van der Waals surface area contributed by atoms with Crippen LogP contribution in [0.4, 0.5) is 5.82 Å². The van der Waals surface area contributed by atoms with Crippen LogP contribution in [0.1, 0.15) is 11.1 Å². The maximum absolute atomic E-state index is 6.09. The van der Waals surface area contributed by atoms with Crippen LogP contribution < -0.4 is 5.32 Å². The average Bonchev–Trinajstić information content (AvgIpc) is 2.30. The molecule has 0 amide bonds. The van der Waals surface area contributed by atoms with Crippen molar-refractivity contribution in [3.8, 4) is 0 Å². The summed E-state index contributed by atoms with van der Waals surface area (Å²) in [6.45, 7) is 2.70. The van der Waals surface area contributed by atoms with Crippen LogP contribution in [0.5, 0.6) is 0 Å². The number of anilines is 1. The summed E-state index contributed by atoms with van der Waals surface area (Å²) in [5.41, 5.74) is 2.17. The van der Waals surface area contributed by atoms with E-state index < -0.39 is 0 Å². The van der Waals surface area contributed by atoms with Gasteiger partial charge in [-0.3, -0.25) is 0 Å². The summed E-state index contributed by atoms with van der Waals surface area (Å²) in [6, 6.07) is 9.83. The van der Waals surface area contributed by atoms with Crippen molar-refractivity contribution in [1.29, 1.82) is 0 Å². The molecule has 0 saturated carbocycles. The zero-order valence-electron chi connectivity index (χ0n) is 9.37. The fourth-order valence-corrected chi connectivity index (χ4v) is 2.19. The fraction of sp³-hybridized carbons (Fsp3) is 0.154. The van der Waals surface area contributed by atoms with Crippen LogP contribution in [0.25, 0.3) is 0 Å². The van der Waals surface area contributed by atoms with Crippen molar-refractivity contribution in [1.82, 2.24) is 4.98 Å². The Kier molecular flexibility index (Phi) is 4.02. The molecule has 1 heterocycles. The predicted molar refractivity (Wildman–Crippen MR) is 75.5 cm³/mol. The molecule has 0 radical (unpaired) electrons. The van der Waals surface area contributed by atoms with Crippen LogP contribution in [0.3, 0.4) is 0 Å². The number of hydrogen-bond acceptors (Lipinski definition) is 2. The van der Waals surface area contributed by atoms with Gasteiger partial charge in [-0.05, 0) is 46.1 Å². The van der Waals surface area contributed by atoms with Gasteiger partial charge in [0.05, 0.1) is 0 Å². The van der Waals surface area contributed by atoms with Gasteiger partial charge in [0, 0.05) is 22.2 Å². The van der Waals surface area contributed by atoms with Crippen molar-refractivity contribution in [2.45, 2.75) is 13.5 Å². The van der Waals surface area contributed by atoms with E-state index in [0.29, 0.717) is 6.54 Å². The molecule has 0 aliphatic rings. The van der Waals surface area contributed by atoms with Gasteiger partial charge in [-0.1, -0.05) is 29.8 Å². The fourth-order valence-electron chi connectivity index (χ4n) is 1.55. The second-order valence-corrected chi connectivity index (χ2v) is 5.09. The van der Waals surface area contributed by atoms with Crippen LogP contribution in [-0.4, -0.2) is 4.98 Å². The first-order valence-electron chi connectivity index (χ1n) is 5.26. The number of aromatic nitrogens is 1. The van der Waals surface area contributed by atoms with Crippen molar-refractivity contribution in [3.63, 3.8) is 0 Å². The molecule has 0 aliphatic carbocycles. The molecule has 2 rings (SSSR count). The van der Waals surface area contributed by atoms with E-state index in [9.17, 15) is 0 Å². The Labute approximate surface area is 114 Å². The molecule has 1 aromatic heterocycles. The highest BCUT2D eigenvalue weighted by Crippen LogP contribution is 2.19. The van der Waals surface area contributed by atoms with Gasteiger partial charge in [0.15, 0.2) is 0 Å². The molecule has 0 aliphatic heterocycles. The van der Waals surface area contributed by atoms with E-state index in [0.717, 1.165) is 26.4 Å². The smallest absolute Gasteiger partial charge is 0.129 e. The van der Waals surface area contributed by atoms with Crippen LogP contribution in [0.2, 0.25) is 5.02 Å². The number of halogens is 2. The molecule has 0 spiro atoms. The maximum atomic E-state index is 6.09. The summed E-state index contributed by atoms with van der Waals surface area (Å²) in [7, 11) is 0. The third-order valence-electron chi connectivity index (χ3n) is 2.45. The Balaban J connectivity index is 2.10. The molecule has 1 N–H and O–H groups in total. The van der Waals surface area contributed by atoms with Gasteiger partial charge < -0.3 is 5.32 Å². The SMILES string of the molecule is Cc1cc(Br)cnc1NCc1ccccc1Cl. The lowest BCUT2D eigenvalue weighted by atomic mass is 10.2. The average molecular weight is 312 g/mol. The number of nitrogens with one attached hydrogen (secondary N) is 1. The van der Waals surface area contributed by atoms with Gasteiger partial charge >= 0.3 is 0 Å². The van der Waals surface area contributed by atoms with E-state index in [2.05, 4.69) is 26.2 Å². The third-order valence-corrected chi connectivity index (χ3v) is 3.25. The summed E-state index contributed by atoms with van der Waals surface area (Å²) in [5, 5.41) is 4.05. The third kappa shape index (κ3) is 3.20. The van der Waals surface area contributed by atoms with Gasteiger partial charge in [-0.25, -0.2) is 4.98 Å². The Hall–Kier alpha value is -1.06. The molecule has 88 valence electrons. The van der Waals surface area contributed by atoms with Crippen LogP contribution >= 0.6 is 27.5 Å². The van der Waals surface area contributed by atoms with E-state index in [-0.39, 0.29) is 0 Å². The zero-order valence-corrected chi connectivity index (χ0v) is 11.7. The minimum absolute atomic E-state index is 0.676. The summed E-state index contributed by atoms with van der Waals surface area (Å²) in [5.74, 6) is 0.883. The Bertz CT molecular complexity index is 529. The predicted octanol–water partition coefficient (Wildman–Crippen LogP) is 4.42. The summed E-state index contributed by atoms with van der Waals surface area (Å²) >= 11 is 9.48. The molecule has 0 fully saturated rings. The van der Waals surface area contributed by atoms with E-state index >= 15 is 0 Å². The van der Waals surface area contributed by atoms with Gasteiger partial charge in [0.2, 0.25) is 0 Å². The lowest BCUT2D eigenvalue weighted by molar-refractivity contribution is 1.09. The van der Waals surface area contributed by atoms with Crippen molar-refractivity contribution in [2.24, 2.45) is 0 Å². The Morgan fingerprint density at radius 2 is 2.12 bits per heavy atom. The lowest BCUT2D eigenvalue weighted by Gasteiger charge is -2.09. The standard InChI is InChI=1S/C13H12BrClN2/c1-9-6-11(14)8-17-13(9)16-7-10-4-2-3-5-12(10)15/h2-6,8H,7H2,1H3,(H,16,17). The molecule has 0 unspecified atom stereocenters. The molecule has 0 bridgehead atoms. The number of benzene rings is 1. The topological polar surface area (TPSA) is 24.9 Å². The monoisotopic (exact) mass is 310 g/mol. The van der Waals surface area contributed by atoms with Crippen molar-refractivity contribution >= 4 is 33.3 Å². The number of aryl methyl sites for hydroxylation is 1. The number of nitrogens with zero attached hydrogens (tertiary/aromatic N) is 1. The molecule has 1 aromatic carbocycles. The Morgan fingerprint density at radius 1 is 1.35 bits per heavy atom. The molecule has 2 nitrogen and oxygen atoms in total. The Morgan fingerprint density at radius 3 is 2.82 bits per heavy atom. The molecular weight excluding hydrogens is 300 g/mol. The summed E-state index contributed by atoms with van der Waals surface area (Å²) < 4.78 is 0.985. The number of pyridine rings is 1. The van der Waals surface area contributed by atoms with E-state index in [1.807, 2.05) is 37.3 Å². The molecule has 17 heavy (non-hydrogen) atoms. The van der Waals surface area contributed by atoms with Gasteiger partial charge in [0.1, 0.15) is 5.82 Å². The van der Waals surface area contributed by atoms with Gasteiger partial charge in [-0.2, -0.15) is 0 Å². The lowest BCUT2D eigenvalue weighted by Crippen LogP contribution is -2.03. The van der Waals surface area contributed by atoms with E-state index in [4.69, 9.17) is 11.6 Å². The first kappa shape index (κ1) is 12.4. The molecule has 4 heteroatoms. The van der Waals surface area contributed by atoms with Gasteiger partial charge in [0.25, 0.3) is 0 Å². The highest BCUT2D eigenvalue weighted by molar-refractivity contribution is 9.10. The molecular formula is C13H12BrClN2. The maximum Gasteiger partial charge on any atom is 0.129 e. The van der Waals surface area contributed by atoms with Crippen molar-refractivity contribution in [2.75, 3.05) is 5.32 Å². The highest BCUT2D eigenvalue weighted by Gasteiger charge is 2.02. The molecule has 0 atom stereocenters. The van der Waals surface area contributed by atoms with E-state index in [1.165, 1.54) is 0 Å². The first-order valence-corrected chi connectivity index (χ1v) is 6.43. The second-order valence-electron chi connectivity index (χ2n) is 3.76.